The maximum Gasteiger partial charge on any atom is 0.416 e. The molecule has 0 unspecified atom stereocenters. The largest absolute Gasteiger partial charge is 0.416 e. The second-order valence-corrected chi connectivity index (χ2v) is 5.87. The van der Waals surface area contributed by atoms with Gasteiger partial charge in [-0.05, 0) is 40.2 Å². The molecule has 0 aliphatic heterocycles. The van der Waals surface area contributed by atoms with Crippen molar-refractivity contribution in [3.8, 4) is 10.4 Å². The number of hydrogen-bond donors (Lipinski definition) is 1. The molecule has 0 bridgehead atoms. The zero-order valence-corrected chi connectivity index (χ0v) is 10.8. The molecule has 1 aromatic carbocycles. The van der Waals surface area contributed by atoms with Gasteiger partial charge in [0.05, 0.1) is 9.35 Å². The highest BCUT2D eigenvalue weighted by atomic mass is 79.9. The van der Waals surface area contributed by atoms with Crippen molar-refractivity contribution >= 4 is 33.0 Å². The van der Waals surface area contributed by atoms with Gasteiger partial charge in [0, 0.05) is 16.1 Å². The average molecular weight is 322 g/mol. The molecular weight excluding hydrogens is 315 g/mol. The lowest BCUT2D eigenvalue weighted by Crippen LogP contribution is -2.05. The molecule has 0 atom stereocenters. The van der Waals surface area contributed by atoms with Crippen molar-refractivity contribution in [1.29, 1.82) is 0 Å². The van der Waals surface area contributed by atoms with Gasteiger partial charge in [-0.15, -0.1) is 11.3 Å². The second-order valence-electron chi connectivity index (χ2n) is 3.40. The van der Waals surface area contributed by atoms with Crippen molar-refractivity contribution in [2.75, 3.05) is 5.73 Å². The van der Waals surface area contributed by atoms with Crippen molar-refractivity contribution in [2.45, 2.75) is 6.18 Å². The van der Waals surface area contributed by atoms with Crippen LogP contribution in [-0.2, 0) is 6.18 Å². The van der Waals surface area contributed by atoms with E-state index in [2.05, 4.69) is 15.9 Å². The van der Waals surface area contributed by atoms with Crippen LogP contribution in [0, 0.1) is 0 Å². The minimum absolute atomic E-state index is 0.133. The monoisotopic (exact) mass is 321 g/mol. The van der Waals surface area contributed by atoms with E-state index in [0.29, 0.717) is 5.56 Å². The molecule has 2 rings (SSSR count). The minimum atomic E-state index is -4.36. The first kappa shape index (κ1) is 12.4. The Morgan fingerprint density at radius 1 is 1.12 bits per heavy atom. The van der Waals surface area contributed by atoms with Gasteiger partial charge >= 0.3 is 6.18 Å². The van der Waals surface area contributed by atoms with Crippen molar-refractivity contribution in [1.82, 2.24) is 0 Å². The fourth-order valence-electron chi connectivity index (χ4n) is 1.42. The van der Waals surface area contributed by atoms with Gasteiger partial charge in [-0.1, -0.05) is 6.07 Å². The summed E-state index contributed by atoms with van der Waals surface area (Å²) in [5.41, 5.74) is 5.68. The third-order valence-electron chi connectivity index (χ3n) is 2.22. The third-order valence-corrected chi connectivity index (χ3v) is 3.87. The highest BCUT2D eigenvalue weighted by Crippen LogP contribution is 2.37. The van der Waals surface area contributed by atoms with Gasteiger partial charge in [-0.2, -0.15) is 13.2 Å². The molecule has 0 saturated heterocycles. The number of thiophene rings is 1. The van der Waals surface area contributed by atoms with Crippen LogP contribution in [0.2, 0.25) is 0 Å². The van der Waals surface area contributed by atoms with Gasteiger partial charge in [0.2, 0.25) is 0 Å². The summed E-state index contributed by atoms with van der Waals surface area (Å²) in [5.74, 6) is 0. The standard InChI is InChI=1S/C11H7BrF3NS/c12-10-4-3-9(17-10)7-2-1-6(5-8(7)16)11(13,14)15/h1-5H,16H2. The molecule has 90 valence electrons. The number of halogens is 4. The first-order valence-electron chi connectivity index (χ1n) is 4.60. The summed E-state index contributed by atoms with van der Waals surface area (Å²) < 4.78 is 38.2. The number of hydrogen-bond acceptors (Lipinski definition) is 2. The van der Waals surface area contributed by atoms with E-state index in [9.17, 15) is 13.2 Å². The number of nitrogen functional groups attached to an aromatic ring is 1. The highest BCUT2D eigenvalue weighted by Gasteiger charge is 2.30. The molecule has 0 saturated carbocycles. The Balaban J connectivity index is 2.45. The van der Waals surface area contributed by atoms with E-state index in [1.165, 1.54) is 17.4 Å². The van der Waals surface area contributed by atoms with Gasteiger partial charge in [0.25, 0.3) is 0 Å². The molecule has 17 heavy (non-hydrogen) atoms. The molecule has 2 aromatic rings. The summed E-state index contributed by atoms with van der Waals surface area (Å²) in [5, 5.41) is 0. The first-order valence-corrected chi connectivity index (χ1v) is 6.21. The summed E-state index contributed by atoms with van der Waals surface area (Å²) in [4.78, 5) is 0.836. The Labute approximate surface area is 108 Å². The molecule has 1 nitrogen and oxygen atoms in total. The molecule has 0 amide bonds. The number of benzene rings is 1. The Morgan fingerprint density at radius 2 is 1.82 bits per heavy atom. The zero-order chi connectivity index (χ0) is 12.6. The van der Waals surface area contributed by atoms with Gasteiger partial charge in [0.15, 0.2) is 0 Å². The van der Waals surface area contributed by atoms with Gasteiger partial charge in [-0.25, -0.2) is 0 Å². The van der Waals surface area contributed by atoms with E-state index in [0.717, 1.165) is 20.8 Å². The molecule has 2 N–H and O–H groups in total. The molecule has 1 heterocycles. The van der Waals surface area contributed by atoms with Gasteiger partial charge < -0.3 is 5.73 Å². The Kier molecular flexibility index (Phi) is 3.18. The minimum Gasteiger partial charge on any atom is -0.398 e. The molecule has 0 radical (unpaired) electrons. The summed E-state index contributed by atoms with van der Waals surface area (Å²) in [7, 11) is 0. The lowest BCUT2D eigenvalue weighted by Gasteiger charge is -2.09. The molecular formula is C11H7BrF3NS. The van der Waals surface area contributed by atoms with Gasteiger partial charge in [0.1, 0.15) is 0 Å². The average Bonchev–Trinajstić information content (AvgIpc) is 2.63. The predicted molar refractivity (Wildman–Crippen MR) is 66.9 cm³/mol. The van der Waals surface area contributed by atoms with Crippen LogP contribution in [0.4, 0.5) is 18.9 Å². The molecule has 0 spiro atoms. The third kappa shape index (κ3) is 2.63. The fourth-order valence-corrected chi connectivity index (χ4v) is 2.86. The maximum absolute atomic E-state index is 12.4. The number of anilines is 1. The number of rotatable bonds is 1. The predicted octanol–water partition coefficient (Wildman–Crippen LogP) is 4.78. The lowest BCUT2D eigenvalue weighted by atomic mass is 10.1. The van der Waals surface area contributed by atoms with Crippen LogP contribution >= 0.6 is 27.3 Å². The van der Waals surface area contributed by atoms with Crippen molar-refractivity contribution in [3.63, 3.8) is 0 Å². The SMILES string of the molecule is Nc1cc(C(F)(F)F)ccc1-c1ccc(Br)s1. The molecule has 0 aliphatic carbocycles. The highest BCUT2D eigenvalue weighted by molar-refractivity contribution is 9.11. The van der Waals surface area contributed by atoms with Crippen molar-refractivity contribution < 1.29 is 13.2 Å². The lowest BCUT2D eigenvalue weighted by molar-refractivity contribution is -0.137. The Bertz CT molecular complexity index is 548. The quantitative estimate of drug-likeness (QED) is 0.752. The van der Waals surface area contributed by atoms with E-state index in [-0.39, 0.29) is 5.69 Å². The van der Waals surface area contributed by atoms with E-state index in [1.54, 1.807) is 0 Å². The zero-order valence-electron chi connectivity index (χ0n) is 8.38. The first-order chi connectivity index (χ1) is 7.88. The topological polar surface area (TPSA) is 26.0 Å². The van der Waals surface area contributed by atoms with Crippen molar-refractivity contribution in [2.24, 2.45) is 0 Å². The van der Waals surface area contributed by atoms with E-state index in [1.807, 2.05) is 12.1 Å². The Morgan fingerprint density at radius 3 is 2.29 bits per heavy atom. The Hall–Kier alpha value is -1.01. The smallest absolute Gasteiger partial charge is 0.398 e. The van der Waals surface area contributed by atoms with Crippen LogP contribution in [0.1, 0.15) is 5.56 Å². The number of alkyl halides is 3. The van der Waals surface area contributed by atoms with Crippen LogP contribution in [0.25, 0.3) is 10.4 Å². The van der Waals surface area contributed by atoms with E-state index >= 15 is 0 Å². The number of nitrogens with two attached hydrogens (primary N) is 1. The summed E-state index contributed by atoms with van der Waals surface area (Å²) >= 11 is 4.72. The normalized spacial score (nSPS) is 11.8. The molecule has 0 fully saturated rings. The van der Waals surface area contributed by atoms with Gasteiger partial charge in [-0.3, -0.25) is 0 Å². The van der Waals surface area contributed by atoms with E-state index < -0.39 is 11.7 Å². The second kappa shape index (κ2) is 4.34. The summed E-state index contributed by atoms with van der Waals surface area (Å²) in [6, 6.07) is 7.05. The summed E-state index contributed by atoms with van der Waals surface area (Å²) in [6.45, 7) is 0. The fraction of sp³-hybridized carbons (Fsp3) is 0.0909. The summed E-state index contributed by atoms with van der Waals surface area (Å²) in [6.07, 6.45) is -4.36. The molecule has 1 aromatic heterocycles. The van der Waals surface area contributed by atoms with Crippen LogP contribution in [-0.4, -0.2) is 0 Å². The molecule has 0 aliphatic rings. The van der Waals surface area contributed by atoms with Crippen LogP contribution in [0.3, 0.4) is 0 Å². The van der Waals surface area contributed by atoms with Crippen LogP contribution < -0.4 is 5.73 Å². The maximum atomic E-state index is 12.4. The van der Waals surface area contributed by atoms with Crippen molar-refractivity contribution in [3.05, 3.63) is 39.7 Å². The van der Waals surface area contributed by atoms with E-state index in [4.69, 9.17) is 5.73 Å². The molecule has 6 heteroatoms. The van der Waals surface area contributed by atoms with Crippen LogP contribution in [0.15, 0.2) is 34.1 Å². The van der Waals surface area contributed by atoms with Crippen LogP contribution in [0.5, 0.6) is 0 Å².